The van der Waals surface area contributed by atoms with Crippen LogP contribution in [0.15, 0.2) is 48.8 Å². The van der Waals surface area contributed by atoms with E-state index in [1.165, 1.54) is 0 Å². The molecule has 8 heteroatoms. The van der Waals surface area contributed by atoms with Crippen molar-refractivity contribution >= 4 is 23.6 Å². The smallest absolute Gasteiger partial charge is 0.410 e. The molecule has 0 saturated carbocycles. The maximum atomic E-state index is 12.6. The first-order chi connectivity index (χ1) is 14.7. The molecule has 0 radical (unpaired) electrons. The topological polar surface area (TPSA) is 74.8 Å². The molecule has 0 spiro atoms. The molecule has 166 valence electrons. The van der Waals surface area contributed by atoms with Gasteiger partial charge in [0.05, 0.1) is 12.6 Å². The fourth-order valence-electron chi connectivity index (χ4n) is 3.49. The van der Waals surface area contributed by atoms with Gasteiger partial charge in [-0.1, -0.05) is 23.7 Å². The maximum absolute atomic E-state index is 12.6. The summed E-state index contributed by atoms with van der Waals surface area (Å²) in [6.45, 7) is 7.71. The lowest BCUT2D eigenvalue weighted by Gasteiger charge is -2.41. The van der Waals surface area contributed by atoms with Crippen LogP contribution in [0, 0.1) is 0 Å². The summed E-state index contributed by atoms with van der Waals surface area (Å²) in [6, 6.07) is 11.1. The Labute approximate surface area is 188 Å². The summed E-state index contributed by atoms with van der Waals surface area (Å²) >= 11 is 6.01. The molecule has 1 aliphatic rings. The first-order valence-electron chi connectivity index (χ1n) is 10.3. The number of carbonyl (C=O) groups excluding carboxylic acids is 2. The van der Waals surface area contributed by atoms with Gasteiger partial charge >= 0.3 is 6.09 Å². The highest BCUT2D eigenvalue weighted by atomic mass is 35.5. The van der Waals surface area contributed by atoms with Crippen LogP contribution in [-0.2, 0) is 16.1 Å². The highest BCUT2D eigenvalue weighted by Crippen LogP contribution is 2.26. The highest BCUT2D eigenvalue weighted by molar-refractivity contribution is 6.30. The molecule has 2 amide bonds. The Morgan fingerprint density at radius 2 is 1.94 bits per heavy atom. The Morgan fingerprint density at radius 3 is 2.61 bits per heavy atom. The molecule has 0 bridgehead atoms. The Kier molecular flexibility index (Phi) is 7.51. The minimum absolute atomic E-state index is 0.0789. The fraction of sp³-hybridized carbons (Fsp3) is 0.435. The van der Waals surface area contributed by atoms with Gasteiger partial charge in [0.1, 0.15) is 5.60 Å². The number of benzene rings is 1. The summed E-state index contributed by atoms with van der Waals surface area (Å²) in [5, 5.41) is 3.60. The normalized spacial score (nSPS) is 17.3. The first kappa shape index (κ1) is 23.0. The molecule has 2 aromatic rings. The zero-order chi connectivity index (χ0) is 22.4. The van der Waals surface area contributed by atoms with E-state index in [0.717, 1.165) is 11.1 Å². The second kappa shape index (κ2) is 10.1. The average Bonchev–Trinajstić information content (AvgIpc) is 2.72. The summed E-state index contributed by atoms with van der Waals surface area (Å²) in [5.74, 6) is -0.0789. The van der Waals surface area contributed by atoms with Crippen molar-refractivity contribution in [3.05, 3.63) is 64.9 Å². The van der Waals surface area contributed by atoms with Crippen molar-refractivity contribution in [2.45, 2.75) is 39.0 Å². The van der Waals surface area contributed by atoms with Crippen LogP contribution in [0.3, 0.4) is 0 Å². The molecular formula is C23H29ClN4O3. The maximum Gasteiger partial charge on any atom is 0.410 e. The first-order valence-corrected chi connectivity index (χ1v) is 10.7. The van der Waals surface area contributed by atoms with E-state index >= 15 is 0 Å². The van der Waals surface area contributed by atoms with Gasteiger partial charge in [0.2, 0.25) is 5.91 Å². The highest BCUT2D eigenvalue weighted by Gasteiger charge is 2.33. The van der Waals surface area contributed by atoms with E-state index < -0.39 is 5.60 Å². The zero-order valence-electron chi connectivity index (χ0n) is 18.2. The van der Waals surface area contributed by atoms with Crippen molar-refractivity contribution in [2.75, 3.05) is 26.2 Å². The van der Waals surface area contributed by atoms with E-state index in [4.69, 9.17) is 16.3 Å². The third-order valence-electron chi connectivity index (χ3n) is 4.96. The summed E-state index contributed by atoms with van der Waals surface area (Å²) in [7, 11) is 0. The fourth-order valence-corrected chi connectivity index (χ4v) is 3.70. The van der Waals surface area contributed by atoms with Gasteiger partial charge in [-0.25, -0.2) is 4.79 Å². The van der Waals surface area contributed by atoms with Crippen molar-refractivity contribution < 1.29 is 14.3 Å². The number of rotatable bonds is 5. The minimum Gasteiger partial charge on any atom is -0.444 e. The van der Waals surface area contributed by atoms with Crippen molar-refractivity contribution in [3.63, 3.8) is 0 Å². The van der Waals surface area contributed by atoms with Gasteiger partial charge < -0.3 is 15.0 Å². The Hall–Kier alpha value is -2.64. The summed E-state index contributed by atoms with van der Waals surface area (Å²) in [6.07, 6.45) is 3.11. The number of piperazine rings is 1. The quantitative estimate of drug-likeness (QED) is 0.761. The number of nitrogens with zero attached hydrogens (tertiary/aromatic N) is 3. The number of ether oxygens (including phenoxy) is 1. The monoisotopic (exact) mass is 444 g/mol. The van der Waals surface area contributed by atoms with Crippen LogP contribution in [0.5, 0.6) is 0 Å². The lowest BCUT2D eigenvalue weighted by Crippen LogP contribution is -2.53. The Morgan fingerprint density at radius 1 is 1.19 bits per heavy atom. The van der Waals surface area contributed by atoms with Crippen LogP contribution in [0.25, 0.3) is 0 Å². The van der Waals surface area contributed by atoms with E-state index in [1.54, 1.807) is 23.4 Å². The van der Waals surface area contributed by atoms with E-state index in [2.05, 4.69) is 15.2 Å². The van der Waals surface area contributed by atoms with Crippen LogP contribution in [0.2, 0.25) is 5.02 Å². The zero-order valence-corrected chi connectivity index (χ0v) is 18.9. The molecule has 3 rings (SSSR count). The van der Waals surface area contributed by atoms with Gasteiger partial charge in [-0.15, -0.1) is 0 Å². The molecular weight excluding hydrogens is 416 g/mol. The van der Waals surface area contributed by atoms with E-state index in [1.807, 2.05) is 51.1 Å². The summed E-state index contributed by atoms with van der Waals surface area (Å²) in [5.41, 5.74) is 1.40. The molecule has 0 aliphatic carbocycles. The van der Waals surface area contributed by atoms with Crippen molar-refractivity contribution in [1.82, 2.24) is 20.1 Å². The lowest BCUT2D eigenvalue weighted by molar-refractivity contribution is -0.123. The number of amides is 2. The standard InChI is InChI=1S/C23H29ClN4O3/c1-23(2,3)31-22(30)28-12-11-27(20(15-28)18-7-9-25-10-8-18)16-21(29)26-14-17-5-4-6-19(24)13-17/h4-10,13,20H,11-12,14-16H2,1-3H3,(H,26,29)/t20-/m1/s1. The van der Waals surface area contributed by atoms with Crippen LogP contribution in [0.1, 0.15) is 37.9 Å². The van der Waals surface area contributed by atoms with Crippen molar-refractivity contribution in [3.8, 4) is 0 Å². The van der Waals surface area contributed by atoms with E-state index in [9.17, 15) is 9.59 Å². The number of pyridine rings is 1. The van der Waals surface area contributed by atoms with Gasteiger partial charge in [-0.2, -0.15) is 0 Å². The number of nitrogens with one attached hydrogen (secondary N) is 1. The predicted octanol–water partition coefficient (Wildman–Crippen LogP) is 3.65. The predicted molar refractivity (Wildman–Crippen MR) is 120 cm³/mol. The number of carbonyl (C=O) groups is 2. The van der Waals surface area contributed by atoms with Crippen LogP contribution in [0.4, 0.5) is 4.79 Å². The second-order valence-corrected chi connectivity index (χ2v) is 9.04. The SMILES string of the molecule is CC(C)(C)OC(=O)N1CCN(CC(=O)NCc2cccc(Cl)c2)[C@@H](c2ccncc2)C1. The average molecular weight is 445 g/mol. The van der Waals surface area contributed by atoms with Crippen LogP contribution < -0.4 is 5.32 Å². The third kappa shape index (κ3) is 6.94. The third-order valence-corrected chi connectivity index (χ3v) is 5.19. The molecule has 0 unspecified atom stereocenters. The molecule has 1 saturated heterocycles. The Balaban J connectivity index is 1.65. The van der Waals surface area contributed by atoms with Gasteiger partial charge in [0, 0.05) is 43.6 Å². The van der Waals surface area contributed by atoms with Gasteiger partial charge in [-0.05, 0) is 56.2 Å². The molecule has 31 heavy (non-hydrogen) atoms. The van der Waals surface area contributed by atoms with Gasteiger partial charge in [0.15, 0.2) is 0 Å². The largest absolute Gasteiger partial charge is 0.444 e. The lowest BCUT2D eigenvalue weighted by atomic mass is 10.0. The Bertz CT molecular complexity index is 901. The molecule has 1 fully saturated rings. The summed E-state index contributed by atoms with van der Waals surface area (Å²) < 4.78 is 5.54. The van der Waals surface area contributed by atoms with E-state index in [-0.39, 0.29) is 24.6 Å². The molecule has 1 aliphatic heterocycles. The number of halogens is 1. The molecule has 7 nitrogen and oxygen atoms in total. The van der Waals surface area contributed by atoms with Crippen LogP contribution in [-0.4, -0.2) is 58.6 Å². The van der Waals surface area contributed by atoms with Crippen molar-refractivity contribution in [1.29, 1.82) is 0 Å². The molecule has 1 N–H and O–H groups in total. The number of hydrogen-bond donors (Lipinski definition) is 1. The number of hydrogen-bond acceptors (Lipinski definition) is 5. The van der Waals surface area contributed by atoms with Crippen LogP contribution >= 0.6 is 11.6 Å². The second-order valence-electron chi connectivity index (χ2n) is 8.60. The molecule has 1 atom stereocenters. The van der Waals surface area contributed by atoms with Crippen molar-refractivity contribution in [2.24, 2.45) is 0 Å². The van der Waals surface area contributed by atoms with Gasteiger partial charge in [0.25, 0.3) is 0 Å². The molecule has 2 heterocycles. The number of aromatic nitrogens is 1. The summed E-state index contributed by atoms with van der Waals surface area (Å²) in [4.78, 5) is 33.1. The minimum atomic E-state index is -0.555. The van der Waals surface area contributed by atoms with Gasteiger partial charge in [-0.3, -0.25) is 14.7 Å². The van der Waals surface area contributed by atoms with E-state index in [0.29, 0.717) is 31.2 Å². The molecule has 1 aromatic heterocycles. The molecule has 1 aromatic carbocycles.